The minimum atomic E-state index is -3.94. The number of benzene rings is 2. The van der Waals surface area contributed by atoms with E-state index in [2.05, 4.69) is 10.5 Å². The van der Waals surface area contributed by atoms with E-state index in [0.717, 1.165) is 9.18 Å². The van der Waals surface area contributed by atoms with Crippen molar-refractivity contribution in [1.82, 2.24) is 9.73 Å². The first-order valence-corrected chi connectivity index (χ1v) is 10.9. The monoisotopic (exact) mass is 431 g/mol. The van der Waals surface area contributed by atoms with Gasteiger partial charge < -0.3 is 0 Å². The largest absolute Gasteiger partial charge is 0.272 e. The number of hydrazone groups is 1. The molecule has 0 aliphatic rings. The van der Waals surface area contributed by atoms with Gasteiger partial charge in [-0.05, 0) is 41.3 Å². The molecule has 1 heterocycles. The Bertz CT molecular complexity index is 1070. The van der Waals surface area contributed by atoms with Gasteiger partial charge in [0.25, 0.3) is 5.91 Å². The summed E-state index contributed by atoms with van der Waals surface area (Å²) in [6, 6.07) is 17.0. The summed E-state index contributed by atoms with van der Waals surface area (Å²) >= 11 is 1.46. The third-order valence-electron chi connectivity index (χ3n) is 3.90. The molecular weight excluding hydrogens is 413 g/mol. The molecule has 9 heteroatoms. The first kappa shape index (κ1) is 20.8. The molecule has 150 valence electrons. The highest BCUT2D eigenvalue weighted by Gasteiger charge is 2.26. The van der Waals surface area contributed by atoms with E-state index >= 15 is 0 Å². The van der Waals surface area contributed by atoms with Crippen molar-refractivity contribution in [2.75, 3.05) is 6.54 Å². The minimum absolute atomic E-state index is 0.0667. The Morgan fingerprint density at radius 3 is 2.45 bits per heavy atom. The van der Waals surface area contributed by atoms with Crippen molar-refractivity contribution in [1.29, 1.82) is 0 Å². The highest BCUT2D eigenvalue weighted by molar-refractivity contribution is 7.89. The van der Waals surface area contributed by atoms with Crippen LogP contribution in [0.3, 0.4) is 0 Å². The van der Waals surface area contributed by atoms with Crippen LogP contribution in [0.25, 0.3) is 0 Å². The molecule has 0 unspecified atom stereocenters. The fourth-order valence-electron chi connectivity index (χ4n) is 2.49. The number of nitrogens with one attached hydrogen (secondary N) is 1. The molecule has 1 amide bonds. The molecule has 0 fully saturated rings. The summed E-state index contributed by atoms with van der Waals surface area (Å²) in [5, 5.41) is 5.73. The standard InChI is InChI=1S/C20H18FN3O3S2/c21-17-10-8-16(9-11-17)14-24(29(26,27)19-6-2-1-3-7-19)15-20(25)23-22-13-18-5-4-12-28-18/h1-13H,14-15H2,(H,23,25)/b22-13-. The molecule has 0 radical (unpaired) electrons. The second-order valence-electron chi connectivity index (χ2n) is 6.02. The van der Waals surface area contributed by atoms with E-state index in [0.29, 0.717) is 5.56 Å². The quantitative estimate of drug-likeness (QED) is 0.439. The summed E-state index contributed by atoms with van der Waals surface area (Å²) in [4.78, 5) is 13.2. The van der Waals surface area contributed by atoms with E-state index in [-0.39, 0.29) is 11.4 Å². The zero-order valence-corrected chi connectivity index (χ0v) is 16.9. The number of amides is 1. The molecule has 6 nitrogen and oxygen atoms in total. The first-order chi connectivity index (χ1) is 13.9. The van der Waals surface area contributed by atoms with Crippen LogP contribution in [0.15, 0.2) is 82.1 Å². The van der Waals surface area contributed by atoms with Crippen LogP contribution in [0.2, 0.25) is 0 Å². The van der Waals surface area contributed by atoms with Gasteiger partial charge in [-0.15, -0.1) is 11.3 Å². The van der Waals surface area contributed by atoms with Gasteiger partial charge in [-0.1, -0.05) is 36.4 Å². The predicted octanol–water partition coefficient (Wildman–Crippen LogP) is 3.23. The van der Waals surface area contributed by atoms with Gasteiger partial charge in [0.2, 0.25) is 10.0 Å². The van der Waals surface area contributed by atoms with E-state index in [9.17, 15) is 17.6 Å². The van der Waals surface area contributed by atoms with Crippen molar-refractivity contribution in [2.24, 2.45) is 5.10 Å². The number of sulfonamides is 1. The van der Waals surface area contributed by atoms with Gasteiger partial charge in [0.05, 0.1) is 17.7 Å². The van der Waals surface area contributed by atoms with Crippen LogP contribution in [0.1, 0.15) is 10.4 Å². The van der Waals surface area contributed by atoms with E-state index in [1.807, 2.05) is 17.5 Å². The number of nitrogens with zero attached hydrogens (tertiary/aromatic N) is 2. The van der Waals surface area contributed by atoms with E-state index in [1.54, 1.807) is 18.2 Å². The normalized spacial score (nSPS) is 11.8. The molecule has 29 heavy (non-hydrogen) atoms. The number of hydrogen-bond acceptors (Lipinski definition) is 5. The molecular formula is C20H18FN3O3S2. The molecule has 1 aromatic heterocycles. The van der Waals surface area contributed by atoms with E-state index in [4.69, 9.17) is 0 Å². The minimum Gasteiger partial charge on any atom is -0.272 e. The summed E-state index contributed by atoms with van der Waals surface area (Å²) in [6.45, 7) is -0.518. The predicted molar refractivity (Wildman–Crippen MR) is 110 cm³/mol. The second kappa shape index (κ2) is 9.55. The maximum absolute atomic E-state index is 13.2. The summed E-state index contributed by atoms with van der Waals surface area (Å²) < 4.78 is 40.3. The lowest BCUT2D eigenvalue weighted by Gasteiger charge is -2.21. The Balaban J connectivity index is 1.78. The molecule has 1 N–H and O–H groups in total. The van der Waals surface area contributed by atoms with Crippen molar-refractivity contribution >= 4 is 33.5 Å². The highest BCUT2D eigenvalue weighted by Crippen LogP contribution is 2.18. The molecule has 3 rings (SSSR count). The second-order valence-corrected chi connectivity index (χ2v) is 8.94. The maximum Gasteiger partial charge on any atom is 0.255 e. The van der Waals surface area contributed by atoms with Crippen LogP contribution < -0.4 is 5.43 Å². The van der Waals surface area contributed by atoms with Gasteiger partial charge in [-0.25, -0.2) is 18.2 Å². The average Bonchev–Trinajstić information content (AvgIpc) is 3.23. The summed E-state index contributed by atoms with van der Waals surface area (Å²) in [5.74, 6) is -1.01. The van der Waals surface area contributed by atoms with Crippen molar-refractivity contribution in [3.8, 4) is 0 Å². The molecule has 0 aliphatic heterocycles. The van der Waals surface area contributed by atoms with Crippen LogP contribution in [0, 0.1) is 5.82 Å². The number of carbonyl (C=O) groups excluding carboxylic acids is 1. The Kier molecular flexibility index (Phi) is 6.86. The third kappa shape index (κ3) is 5.80. The number of hydrogen-bond donors (Lipinski definition) is 1. The molecule has 0 bridgehead atoms. The lowest BCUT2D eigenvalue weighted by atomic mass is 10.2. The van der Waals surface area contributed by atoms with Gasteiger partial charge in [0.15, 0.2) is 0 Å². The topological polar surface area (TPSA) is 78.8 Å². The lowest BCUT2D eigenvalue weighted by Crippen LogP contribution is -2.39. The Morgan fingerprint density at radius 1 is 1.07 bits per heavy atom. The lowest BCUT2D eigenvalue weighted by molar-refractivity contribution is -0.121. The van der Waals surface area contributed by atoms with Crippen LogP contribution in [-0.2, 0) is 21.4 Å². The van der Waals surface area contributed by atoms with Gasteiger partial charge in [-0.3, -0.25) is 4.79 Å². The van der Waals surface area contributed by atoms with Gasteiger partial charge in [0.1, 0.15) is 5.82 Å². The number of halogens is 1. The fraction of sp³-hybridized carbons (Fsp3) is 0.100. The Labute approximate surface area is 172 Å². The molecule has 0 atom stereocenters. The zero-order valence-electron chi connectivity index (χ0n) is 15.2. The van der Waals surface area contributed by atoms with Crippen molar-refractivity contribution in [3.63, 3.8) is 0 Å². The van der Waals surface area contributed by atoms with Gasteiger partial charge in [-0.2, -0.15) is 9.41 Å². The molecule has 0 aliphatic carbocycles. The molecule has 0 saturated heterocycles. The summed E-state index contributed by atoms with van der Waals surface area (Å²) in [5.41, 5.74) is 2.90. The first-order valence-electron chi connectivity index (χ1n) is 8.60. The smallest absolute Gasteiger partial charge is 0.255 e. The highest BCUT2D eigenvalue weighted by atomic mass is 32.2. The molecule has 0 saturated carbocycles. The van der Waals surface area contributed by atoms with Crippen LogP contribution in [0.5, 0.6) is 0 Å². The molecule has 3 aromatic rings. The summed E-state index contributed by atoms with van der Waals surface area (Å²) in [6.07, 6.45) is 1.48. The van der Waals surface area contributed by atoms with Gasteiger partial charge >= 0.3 is 0 Å². The Hall–Kier alpha value is -2.88. The number of thiophene rings is 1. The number of rotatable bonds is 8. The average molecular weight is 432 g/mol. The van der Waals surface area contributed by atoms with Crippen molar-refractivity contribution < 1.29 is 17.6 Å². The van der Waals surface area contributed by atoms with Gasteiger partial charge in [0, 0.05) is 11.4 Å². The maximum atomic E-state index is 13.2. The van der Waals surface area contributed by atoms with Crippen LogP contribution in [0.4, 0.5) is 4.39 Å². The third-order valence-corrected chi connectivity index (χ3v) is 6.51. The van der Waals surface area contributed by atoms with Crippen molar-refractivity contribution in [2.45, 2.75) is 11.4 Å². The SMILES string of the molecule is O=C(CN(Cc1ccc(F)cc1)S(=O)(=O)c1ccccc1)N/N=C\c1cccs1. The molecule has 2 aromatic carbocycles. The van der Waals surface area contributed by atoms with E-state index in [1.165, 1.54) is 53.9 Å². The summed E-state index contributed by atoms with van der Waals surface area (Å²) in [7, 11) is -3.94. The van der Waals surface area contributed by atoms with Crippen LogP contribution >= 0.6 is 11.3 Å². The van der Waals surface area contributed by atoms with Crippen LogP contribution in [-0.4, -0.2) is 31.4 Å². The Morgan fingerprint density at radius 2 is 1.79 bits per heavy atom. The van der Waals surface area contributed by atoms with Crippen molar-refractivity contribution in [3.05, 3.63) is 88.4 Å². The zero-order chi connectivity index (χ0) is 20.7. The molecule has 0 spiro atoms. The van der Waals surface area contributed by atoms with E-state index < -0.39 is 28.3 Å². The number of carbonyl (C=O) groups is 1. The fourth-order valence-corrected chi connectivity index (χ4v) is 4.48.